The van der Waals surface area contributed by atoms with Crippen molar-refractivity contribution in [2.75, 3.05) is 0 Å². The van der Waals surface area contributed by atoms with Gasteiger partial charge in [-0.3, -0.25) is 10.1 Å². The van der Waals surface area contributed by atoms with Crippen molar-refractivity contribution < 1.29 is 9.31 Å². The third-order valence-electron chi connectivity index (χ3n) is 0.998. The average molecular weight is 221 g/mol. The lowest BCUT2D eigenvalue weighted by molar-refractivity contribution is -0.385. The summed E-state index contributed by atoms with van der Waals surface area (Å²) in [5, 5.41) is 10.2. The molecule has 11 heavy (non-hydrogen) atoms. The van der Waals surface area contributed by atoms with Gasteiger partial charge < -0.3 is 0 Å². The van der Waals surface area contributed by atoms with Gasteiger partial charge in [0.05, 0.1) is 17.2 Å². The molecule has 58 valence electrons. The smallest absolute Gasteiger partial charge is 0.258 e. The fraction of sp³-hybridized carbons (Fsp3) is 0. The van der Waals surface area contributed by atoms with Gasteiger partial charge in [-0.15, -0.1) is 0 Å². The second-order valence-electron chi connectivity index (χ2n) is 1.72. The first kappa shape index (κ1) is 8.06. The molecule has 0 atom stereocenters. The van der Waals surface area contributed by atoms with Gasteiger partial charge in [0.2, 0.25) is 5.95 Å². The van der Waals surface area contributed by atoms with Crippen molar-refractivity contribution >= 4 is 21.6 Å². The molecule has 0 aliphatic rings. The van der Waals surface area contributed by atoms with E-state index in [2.05, 4.69) is 20.9 Å². The molecule has 0 bridgehead atoms. The van der Waals surface area contributed by atoms with E-state index >= 15 is 0 Å². The molecule has 0 amide bonds. The second kappa shape index (κ2) is 2.91. The molecule has 0 fully saturated rings. The molecule has 0 radical (unpaired) electrons. The zero-order valence-corrected chi connectivity index (χ0v) is 6.71. The van der Waals surface area contributed by atoms with Crippen LogP contribution in [0.1, 0.15) is 0 Å². The molecule has 1 aromatic heterocycles. The minimum absolute atomic E-state index is 0.170. The molecule has 1 heterocycles. The molecule has 0 saturated heterocycles. The lowest BCUT2D eigenvalue weighted by Gasteiger charge is -1.92. The van der Waals surface area contributed by atoms with Gasteiger partial charge in [-0.2, -0.15) is 4.39 Å². The van der Waals surface area contributed by atoms with Crippen LogP contribution >= 0.6 is 15.9 Å². The Hall–Kier alpha value is -1.04. The SMILES string of the molecule is O=[N+]([O-])c1cc(F)ncc1Br. The van der Waals surface area contributed by atoms with E-state index in [0.717, 1.165) is 12.3 Å². The number of nitrogens with zero attached hydrogens (tertiary/aromatic N) is 2. The third kappa shape index (κ3) is 1.70. The summed E-state index contributed by atoms with van der Waals surface area (Å²) in [5.74, 6) is -0.861. The van der Waals surface area contributed by atoms with E-state index in [0.29, 0.717) is 0 Å². The first-order chi connectivity index (χ1) is 5.11. The Balaban J connectivity index is 3.23. The zero-order chi connectivity index (χ0) is 8.43. The Bertz CT molecular complexity index is 305. The van der Waals surface area contributed by atoms with E-state index in [-0.39, 0.29) is 10.2 Å². The predicted octanol–water partition coefficient (Wildman–Crippen LogP) is 1.89. The van der Waals surface area contributed by atoms with Crippen LogP contribution in [0.5, 0.6) is 0 Å². The highest BCUT2D eigenvalue weighted by molar-refractivity contribution is 9.10. The Labute approximate surface area is 69.3 Å². The van der Waals surface area contributed by atoms with Crippen molar-refractivity contribution in [1.82, 2.24) is 4.98 Å². The molecular formula is C5H2BrFN2O2. The average Bonchev–Trinajstić information content (AvgIpc) is 1.94. The lowest BCUT2D eigenvalue weighted by Crippen LogP contribution is -1.92. The Kier molecular flexibility index (Phi) is 2.13. The van der Waals surface area contributed by atoms with Crippen LogP contribution in [-0.2, 0) is 0 Å². The lowest BCUT2D eigenvalue weighted by atomic mass is 10.4. The topological polar surface area (TPSA) is 56.0 Å². The molecule has 1 rings (SSSR count). The molecule has 1 aromatic rings. The highest BCUT2D eigenvalue weighted by Gasteiger charge is 2.12. The number of pyridine rings is 1. The molecule has 0 saturated carbocycles. The van der Waals surface area contributed by atoms with Crippen molar-refractivity contribution in [2.45, 2.75) is 0 Å². The molecule has 0 unspecified atom stereocenters. The summed E-state index contributed by atoms with van der Waals surface area (Å²) < 4.78 is 12.4. The quantitative estimate of drug-likeness (QED) is 0.413. The maximum absolute atomic E-state index is 12.3. The van der Waals surface area contributed by atoms with Crippen LogP contribution in [0.2, 0.25) is 0 Å². The van der Waals surface area contributed by atoms with E-state index in [1.54, 1.807) is 0 Å². The van der Waals surface area contributed by atoms with Crippen LogP contribution in [0.3, 0.4) is 0 Å². The standard InChI is InChI=1S/C5H2BrFN2O2/c6-3-2-8-5(7)1-4(3)9(10)11/h1-2H. The van der Waals surface area contributed by atoms with Crippen LogP contribution in [0.15, 0.2) is 16.7 Å². The summed E-state index contributed by atoms with van der Waals surface area (Å²) in [6.45, 7) is 0. The Morgan fingerprint density at radius 1 is 1.73 bits per heavy atom. The van der Waals surface area contributed by atoms with Gasteiger partial charge in [-0.1, -0.05) is 0 Å². The van der Waals surface area contributed by atoms with Gasteiger partial charge >= 0.3 is 0 Å². The fourth-order valence-corrected chi connectivity index (χ4v) is 0.905. The summed E-state index contributed by atoms with van der Waals surface area (Å²) in [4.78, 5) is 12.7. The van der Waals surface area contributed by atoms with E-state index in [4.69, 9.17) is 0 Å². The summed E-state index contributed by atoms with van der Waals surface area (Å²) >= 11 is 2.86. The molecule has 0 aromatic carbocycles. The minimum atomic E-state index is -0.861. The minimum Gasteiger partial charge on any atom is -0.258 e. The number of hydrogen-bond donors (Lipinski definition) is 0. The predicted molar refractivity (Wildman–Crippen MR) is 38.5 cm³/mol. The Morgan fingerprint density at radius 3 is 2.82 bits per heavy atom. The van der Waals surface area contributed by atoms with Gasteiger partial charge in [0.1, 0.15) is 4.47 Å². The third-order valence-corrected chi connectivity index (χ3v) is 1.61. The number of rotatable bonds is 1. The first-order valence-electron chi connectivity index (χ1n) is 2.56. The highest BCUT2D eigenvalue weighted by Crippen LogP contribution is 2.23. The van der Waals surface area contributed by atoms with Gasteiger partial charge in [-0.25, -0.2) is 4.98 Å². The summed E-state index contributed by atoms with van der Waals surface area (Å²) in [7, 11) is 0. The number of aromatic nitrogens is 1. The van der Waals surface area contributed by atoms with Crippen molar-refractivity contribution in [2.24, 2.45) is 0 Å². The van der Waals surface area contributed by atoms with Gasteiger partial charge in [0, 0.05) is 0 Å². The second-order valence-corrected chi connectivity index (χ2v) is 2.57. The molecule has 0 aliphatic heterocycles. The monoisotopic (exact) mass is 220 g/mol. The summed E-state index contributed by atoms with van der Waals surface area (Å²) in [6.07, 6.45) is 1.05. The van der Waals surface area contributed by atoms with Crippen LogP contribution in [-0.4, -0.2) is 9.91 Å². The van der Waals surface area contributed by atoms with E-state index in [9.17, 15) is 14.5 Å². The highest BCUT2D eigenvalue weighted by atomic mass is 79.9. The van der Waals surface area contributed by atoms with Crippen molar-refractivity contribution in [3.63, 3.8) is 0 Å². The number of nitro groups is 1. The fourth-order valence-electron chi connectivity index (χ4n) is 0.543. The van der Waals surface area contributed by atoms with Gasteiger partial charge in [-0.05, 0) is 15.9 Å². The van der Waals surface area contributed by atoms with E-state index in [1.807, 2.05) is 0 Å². The maximum atomic E-state index is 12.3. The summed E-state index contributed by atoms with van der Waals surface area (Å²) in [5.41, 5.74) is -0.322. The largest absolute Gasteiger partial charge is 0.289 e. The van der Waals surface area contributed by atoms with Crippen molar-refractivity contribution in [1.29, 1.82) is 0 Å². The van der Waals surface area contributed by atoms with Crippen molar-refractivity contribution in [3.05, 3.63) is 32.8 Å². The first-order valence-corrected chi connectivity index (χ1v) is 3.36. The number of hydrogen-bond acceptors (Lipinski definition) is 3. The molecular weight excluding hydrogens is 219 g/mol. The van der Waals surface area contributed by atoms with Crippen molar-refractivity contribution in [3.8, 4) is 0 Å². The van der Waals surface area contributed by atoms with Crippen LogP contribution in [0.4, 0.5) is 10.1 Å². The van der Waals surface area contributed by atoms with Crippen LogP contribution < -0.4 is 0 Å². The number of halogens is 2. The van der Waals surface area contributed by atoms with Gasteiger partial charge in [0.25, 0.3) is 5.69 Å². The zero-order valence-electron chi connectivity index (χ0n) is 5.12. The molecule has 4 nitrogen and oxygen atoms in total. The molecule has 0 N–H and O–H groups in total. The Morgan fingerprint density at radius 2 is 2.36 bits per heavy atom. The maximum Gasteiger partial charge on any atom is 0.289 e. The normalized spacial score (nSPS) is 9.64. The molecule has 6 heteroatoms. The van der Waals surface area contributed by atoms with Crippen LogP contribution in [0.25, 0.3) is 0 Å². The molecule has 0 aliphatic carbocycles. The van der Waals surface area contributed by atoms with E-state index < -0.39 is 10.9 Å². The van der Waals surface area contributed by atoms with E-state index in [1.165, 1.54) is 0 Å². The summed E-state index contributed by atoms with van der Waals surface area (Å²) in [6, 6.07) is 0.754. The van der Waals surface area contributed by atoms with Crippen LogP contribution in [0, 0.1) is 16.1 Å². The molecule has 0 spiro atoms. The van der Waals surface area contributed by atoms with Gasteiger partial charge in [0.15, 0.2) is 0 Å².